The fourth-order valence-electron chi connectivity index (χ4n) is 2.43. The molecule has 23 heavy (non-hydrogen) atoms. The number of H-pyrrole nitrogens is 1. The Balaban J connectivity index is 2.01. The van der Waals surface area contributed by atoms with Gasteiger partial charge in [-0.2, -0.15) is 0 Å². The highest BCUT2D eigenvalue weighted by atomic mass is 79.9. The van der Waals surface area contributed by atoms with Crippen molar-refractivity contribution in [2.24, 2.45) is 0 Å². The van der Waals surface area contributed by atoms with Crippen molar-refractivity contribution >= 4 is 44.8 Å². The number of nitrogens with one attached hydrogen (secondary N) is 1. The summed E-state index contributed by atoms with van der Waals surface area (Å²) < 4.78 is 10.3. The Labute approximate surface area is 139 Å². The van der Waals surface area contributed by atoms with Crippen molar-refractivity contribution in [1.82, 2.24) is 9.88 Å². The first-order valence-electron chi connectivity index (χ1n) is 6.96. The Hall–Kier alpha value is -2.35. The van der Waals surface area contributed by atoms with Crippen LogP contribution in [0.25, 0.3) is 10.9 Å². The third kappa shape index (κ3) is 2.70. The Kier molecular flexibility index (Phi) is 4.08. The van der Waals surface area contributed by atoms with Crippen LogP contribution >= 0.6 is 15.9 Å². The summed E-state index contributed by atoms with van der Waals surface area (Å²) in [4.78, 5) is 39.3. The van der Waals surface area contributed by atoms with Gasteiger partial charge in [-0.1, -0.05) is 18.2 Å². The number of amides is 2. The number of benzene rings is 1. The standard InChI is InChI=1S/C15H13BrN2O5/c1-2-22-14(20)13-11(16)9-5-3-4-8(12(9)17-13)6-18-10(19)7-23-15(18)21/h3-5,17H,2,6-7H2,1H3. The molecule has 1 aromatic carbocycles. The number of carbonyl (C=O) groups is 3. The summed E-state index contributed by atoms with van der Waals surface area (Å²) in [6.07, 6.45) is -0.664. The molecule has 1 aliphatic rings. The molecule has 0 unspecified atom stereocenters. The van der Waals surface area contributed by atoms with E-state index in [2.05, 4.69) is 20.9 Å². The molecule has 0 saturated carbocycles. The molecule has 1 aliphatic heterocycles. The summed E-state index contributed by atoms with van der Waals surface area (Å²) in [5, 5.41) is 0.769. The van der Waals surface area contributed by atoms with Crippen LogP contribution in [0.1, 0.15) is 23.0 Å². The highest BCUT2D eigenvalue weighted by Crippen LogP contribution is 2.31. The molecule has 0 spiro atoms. The van der Waals surface area contributed by atoms with Crippen molar-refractivity contribution in [2.75, 3.05) is 13.2 Å². The van der Waals surface area contributed by atoms with Gasteiger partial charge in [0.15, 0.2) is 6.61 Å². The lowest BCUT2D eigenvalue weighted by Crippen LogP contribution is -2.28. The van der Waals surface area contributed by atoms with Crippen LogP contribution in [0.2, 0.25) is 0 Å². The summed E-state index contributed by atoms with van der Waals surface area (Å²) in [6, 6.07) is 5.39. The number of aromatic nitrogens is 1. The van der Waals surface area contributed by atoms with Crippen molar-refractivity contribution in [1.29, 1.82) is 0 Å². The van der Waals surface area contributed by atoms with E-state index in [9.17, 15) is 14.4 Å². The van der Waals surface area contributed by atoms with Gasteiger partial charge in [-0.25, -0.2) is 14.5 Å². The normalized spacial score (nSPS) is 14.4. The number of fused-ring (bicyclic) bond motifs is 1. The molecule has 0 radical (unpaired) electrons. The van der Waals surface area contributed by atoms with E-state index in [0.717, 1.165) is 10.3 Å². The maximum absolute atomic E-state index is 12.0. The van der Waals surface area contributed by atoms with E-state index in [1.807, 2.05) is 6.07 Å². The fraction of sp³-hybridized carbons (Fsp3) is 0.267. The van der Waals surface area contributed by atoms with Gasteiger partial charge in [0, 0.05) is 5.39 Å². The second-order valence-corrected chi connectivity index (χ2v) is 5.70. The number of hydrogen-bond donors (Lipinski definition) is 1. The SMILES string of the molecule is CCOC(=O)c1[nH]c2c(CN3C(=O)COC3=O)cccc2c1Br. The van der Waals surface area contributed by atoms with E-state index in [4.69, 9.17) is 9.47 Å². The van der Waals surface area contributed by atoms with E-state index < -0.39 is 12.1 Å². The Morgan fingerprint density at radius 3 is 2.87 bits per heavy atom. The first-order valence-corrected chi connectivity index (χ1v) is 7.75. The van der Waals surface area contributed by atoms with Gasteiger partial charge in [0.25, 0.3) is 5.91 Å². The predicted molar refractivity (Wildman–Crippen MR) is 83.9 cm³/mol. The fourth-order valence-corrected chi connectivity index (χ4v) is 3.02. The molecule has 2 heterocycles. The third-order valence-corrected chi connectivity index (χ3v) is 4.33. The molecule has 120 valence electrons. The van der Waals surface area contributed by atoms with Gasteiger partial charge < -0.3 is 14.5 Å². The Bertz CT molecular complexity index is 798. The number of cyclic esters (lactones) is 1. The third-order valence-electron chi connectivity index (χ3n) is 3.51. The van der Waals surface area contributed by atoms with E-state index in [-0.39, 0.29) is 25.7 Å². The van der Waals surface area contributed by atoms with Crippen molar-refractivity contribution in [3.8, 4) is 0 Å². The summed E-state index contributed by atoms with van der Waals surface area (Å²) in [7, 11) is 0. The van der Waals surface area contributed by atoms with Crippen LogP contribution in [-0.4, -0.2) is 41.1 Å². The molecule has 1 aromatic heterocycles. The predicted octanol–water partition coefficient (Wildman–Crippen LogP) is 2.59. The highest BCUT2D eigenvalue weighted by Gasteiger charge is 2.31. The summed E-state index contributed by atoms with van der Waals surface area (Å²) >= 11 is 3.39. The van der Waals surface area contributed by atoms with Crippen LogP contribution in [-0.2, 0) is 20.8 Å². The minimum atomic E-state index is -0.664. The first kappa shape index (κ1) is 15.5. The van der Waals surface area contributed by atoms with Crippen molar-refractivity contribution < 1.29 is 23.9 Å². The van der Waals surface area contributed by atoms with Gasteiger partial charge in [0.2, 0.25) is 0 Å². The van der Waals surface area contributed by atoms with E-state index in [0.29, 0.717) is 21.2 Å². The number of ether oxygens (including phenoxy) is 2. The lowest BCUT2D eigenvalue weighted by Gasteiger charge is -2.11. The molecule has 2 aromatic rings. The van der Waals surface area contributed by atoms with Crippen LogP contribution in [0.15, 0.2) is 22.7 Å². The van der Waals surface area contributed by atoms with E-state index in [1.165, 1.54) is 0 Å². The molecule has 2 amide bonds. The molecule has 1 saturated heterocycles. The molecule has 0 bridgehead atoms. The maximum Gasteiger partial charge on any atom is 0.417 e. The number of halogens is 1. The van der Waals surface area contributed by atoms with Crippen molar-refractivity contribution in [3.05, 3.63) is 33.9 Å². The molecule has 8 heteroatoms. The van der Waals surface area contributed by atoms with Crippen LogP contribution < -0.4 is 0 Å². The zero-order chi connectivity index (χ0) is 16.6. The molecule has 7 nitrogen and oxygen atoms in total. The summed E-state index contributed by atoms with van der Waals surface area (Å²) in [5.41, 5.74) is 1.66. The number of imide groups is 1. The number of rotatable bonds is 4. The average molecular weight is 381 g/mol. The largest absolute Gasteiger partial charge is 0.461 e. The molecule has 1 fully saturated rings. The van der Waals surface area contributed by atoms with Crippen LogP contribution in [0, 0.1) is 0 Å². The number of para-hydroxylation sites is 1. The smallest absolute Gasteiger partial charge is 0.417 e. The zero-order valence-electron chi connectivity index (χ0n) is 12.2. The van der Waals surface area contributed by atoms with Gasteiger partial charge in [-0.05, 0) is 28.4 Å². The highest BCUT2D eigenvalue weighted by molar-refractivity contribution is 9.10. The maximum atomic E-state index is 12.0. The number of carbonyl (C=O) groups excluding carboxylic acids is 3. The number of nitrogens with zero attached hydrogens (tertiary/aromatic N) is 1. The molecule has 0 atom stereocenters. The topological polar surface area (TPSA) is 88.7 Å². The van der Waals surface area contributed by atoms with Crippen molar-refractivity contribution in [2.45, 2.75) is 13.5 Å². The first-order chi connectivity index (χ1) is 11.0. The van der Waals surface area contributed by atoms with Crippen LogP contribution in [0.5, 0.6) is 0 Å². The average Bonchev–Trinajstić information content (AvgIpc) is 3.03. The van der Waals surface area contributed by atoms with Gasteiger partial charge in [-0.15, -0.1) is 0 Å². The lowest BCUT2D eigenvalue weighted by atomic mass is 10.1. The number of aromatic amines is 1. The van der Waals surface area contributed by atoms with Crippen molar-refractivity contribution in [3.63, 3.8) is 0 Å². The Morgan fingerprint density at radius 2 is 2.22 bits per heavy atom. The van der Waals surface area contributed by atoms with E-state index >= 15 is 0 Å². The quantitative estimate of drug-likeness (QED) is 0.823. The Morgan fingerprint density at radius 1 is 1.43 bits per heavy atom. The molecular formula is C15H13BrN2O5. The van der Waals surface area contributed by atoms with Gasteiger partial charge in [0.1, 0.15) is 5.69 Å². The monoisotopic (exact) mass is 380 g/mol. The number of hydrogen-bond acceptors (Lipinski definition) is 5. The molecule has 1 N–H and O–H groups in total. The zero-order valence-corrected chi connectivity index (χ0v) is 13.8. The van der Waals surface area contributed by atoms with Crippen LogP contribution in [0.3, 0.4) is 0 Å². The van der Waals surface area contributed by atoms with Gasteiger partial charge >= 0.3 is 12.1 Å². The minimum Gasteiger partial charge on any atom is -0.461 e. The van der Waals surface area contributed by atoms with Gasteiger partial charge in [0.05, 0.1) is 23.1 Å². The second-order valence-electron chi connectivity index (χ2n) is 4.91. The number of esters is 1. The van der Waals surface area contributed by atoms with Gasteiger partial charge in [-0.3, -0.25) is 4.79 Å². The second kappa shape index (κ2) is 6.04. The van der Waals surface area contributed by atoms with E-state index in [1.54, 1.807) is 19.1 Å². The molecular weight excluding hydrogens is 368 g/mol. The lowest BCUT2D eigenvalue weighted by molar-refractivity contribution is -0.126. The minimum absolute atomic E-state index is 0.0736. The molecule has 0 aliphatic carbocycles. The molecule has 3 rings (SSSR count). The summed E-state index contributed by atoms with van der Waals surface area (Å²) in [5.74, 6) is -0.860. The summed E-state index contributed by atoms with van der Waals surface area (Å²) in [6.45, 7) is 1.83. The van der Waals surface area contributed by atoms with Crippen LogP contribution in [0.4, 0.5) is 4.79 Å².